The molecule has 7 nitrogen and oxygen atoms in total. The van der Waals surface area contributed by atoms with Gasteiger partial charge in [-0.15, -0.1) is 0 Å². The van der Waals surface area contributed by atoms with Crippen molar-refractivity contribution < 1.29 is 28.9 Å². The molecular formula is C31H33NO6. The van der Waals surface area contributed by atoms with Crippen molar-refractivity contribution in [2.45, 2.75) is 39.8 Å². The normalized spacial score (nSPS) is 16.5. The van der Waals surface area contributed by atoms with Gasteiger partial charge in [-0.25, -0.2) is 0 Å². The average Bonchev–Trinajstić information content (AvgIpc) is 3.17. The van der Waals surface area contributed by atoms with Crippen molar-refractivity contribution in [2.75, 3.05) is 20.3 Å². The Morgan fingerprint density at radius 1 is 0.947 bits per heavy atom. The number of Topliss-reactive ketones (excluding diaryl/α,β-unsaturated/α-hetero) is 1. The summed E-state index contributed by atoms with van der Waals surface area (Å²) in [6, 6.07) is 19.1. The average molecular weight is 516 g/mol. The lowest BCUT2D eigenvalue weighted by molar-refractivity contribution is -0.140. The number of methoxy groups -OCH3 is 1. The smallest absolute Gasteiger partial charge is 0.295 e. The highest BCUT2D eigenvalue weighted by Gasteiger charge is 2.46. The second-order valence-electron chi connectivity index (χ2n) is 9.11. The molecule has 3 aromatic carbocycles. The third kappa shape index (κ3) is 5.52. The van der Waals surface area contributed by atoms with Crippen LogP contribution in [0.2, 0.25) is 0 Å². The number of likely N-dealkylation sites (tertiary alicyclic amines) is 1. The van der Waals surface area contributed by atoms with Crippen LogP contribution in [-0.4, -0.2) is 42.0 Å². The molecule has 0 saturated carbocycles. The molecule has 1 N–H and O–H groups in total. The number of carbonyl (C=O) groups is 2. The summed E-state index contributed by atoms with van der Waals surface area (Å²) in [5.74, 6) is 0.420. The van der Waals surface area contributed by atoms with Gasteiger partial charge in [0.2, 0.25) is 0 Å². The fourth-order valence-electron chi connectivity index (χ4n) is 4.60. The molecule has 1 amide bonds. The zero-order valence-electron chi connectivity index (χ0n) is 22.2. The maximum atomic E-state index is 13.4. The Hall–Kier alpha value is -4.26. The van der Waals surface area contributed by atoms with Gasteiger partial charge in [0, 0.05) is 12.1 Å². The summed E-state index contributed by atoms with van der Waals surface area (Å²) >= 11 is 0. The van der Waals surface area contributed by atoms with Crippen LogP contribution in [0.3, 0.4) is 0 Å². The molecule has 0 aromatic heterocycles. The lowest BCUT2D eigenvalue weighted by Gasteiger charge is -2.26. The number of aryl methyl sites for hydroxylation is 1. The first-order valence-corrected chi connectivity index (χ1v) is 12.8. The molecule has 1 aliphatic heterocycles. The lowest BCUT2D eigenvalue weighted by atomic mass is 9.94. The number of benzene rings is 3. The number of rotatable bonds is 10. The monoisotopic (exact) mass is 515 g/mol. The first kappa shape index (κ1) is 26.8. The SMILES string of the molecule is CCCOc1ccc(/C(O)=C2/C(=O)C(=O)N(Cc3cccc(OCC)c3)C2c2ccc(OC)cc2)cc1C. The van der Waals surface area contributed by atoms with Crippen LogP contribution in [0.25, 0.3) is 5.76 Å². The van der Waals surface area contributed by atoms with Crippen LogP contribution in [-0.2, 0) is 16.1 Å². The molecule has 4 rings (SSSR count). The molecule has 38 heavy (non-hydrogen) atoms. The largest absolute Gasteiger partial charge is 0.507 e. The number of amides is 1. The molecule has 198 valence electrons. The Balaban J connectivity index is 1.79. The van der Waals surface area contributed by atoms with Gasteiger partial charge >= 0.3 is 0 Å². The first-order chi connectivity index (χ1) is 18.4. The molecule has 0 aliphatic carbocycles. The van der Waals surface area contributed by atoms with Crippen LogP contribution in [0.5, 0.6) is 17.2 Å². The quantitative estimate of drug-likeness (QED) is 0.208. The number of hydrogen-bond donors (Lipinski definition) is 1. The van der Waals surface area contributed by atoms with Crippen LogP contribution < -0.4 is 14.2 Å². The molecule has 1 unspecified atom stereocenters. The van der Waals surface area contributed by atoms with Crippen molar-refractivity contribution in [1.82, 2.24) is 4.90 Å². The summed E-state index contributed by atoms with van der Waals surface area (Å²) < 4.78 is 16.7. The van der Waals surface area contributed by atoms with E-state index in [1.54, 1.807) is 49.6 Å². The second-order valence-corrected chi connectivity index (χ2v) is 9.11. The number of aliphatic hydroxyl groups excluding tert-OH is 1. The van der Waals surface area contributed by atoms with E-state index in [1.165, 1.54) is 4.90 Å². The zero-order valence-corrected chi connectivity index (χ0v) is 22.2. The summed E-state index contributed by atoms with van der Waals surface area (Å²) in [5.41, 5.74) is 2.81. The highest BCUT2D eigenvalue weighted by molar-refractivity contribution is 6.46. The van der Waals surface area contributed by atoms with E-state index in [4.69, 9.17) is 14.2 Å². The van der Waals surface area contributed by atoms with Crippen LogP contribution in [0, 0.1) is 6.92 Å². The van der Waals surface area contributed by atoms with Gasteiger partial charge in [0.05, 0.1) is 31.9 Å². The van der Waals surface area contributed by atoms with Crippen LogP contribution in [0.15, 0.2) is 72.3 Å². The van der Waals surface area contributed by atoms with Gasteiger partial charge in [0.25, 0.3) is 11.7 Å². The predicted molar refractivity (Wildman–Crippen MR) is 145 cm³/mol. The molecule has 7 heteroatoms. The fraction of sp³-hybridized carbons (Fsp3) is 0.290. The summed E-state index contributed by atoms with van der Waals surface area (Å²) in [4.78, 5) is 28.3. The Morgan fingerprint density at radius 2 is 1.71 bits per heavy atom. The Morgan fingerprint density at radius 3 is 2.37 bits per heavy atom. The van der Waals surface area contributed by atoms with E-state index in [1.807, 2.05) is 45.0 Å². The number of nitrogens with zero attached hydrogens (tertiary/aromatic N) is 1. The number of carbonyl (C=O) groups excluding carboxylic acids is 2. The summed E-state index contributed by atoms with van der Waals surface area (Å²) in [5, 5.41) is 11.4. The van der Waals surface area contributed by atoms with Crippen LogP contribution >= 0.6 is 0 Å². The minimum Gasteiger partial charge on any atom is -0.507 e. The molecular weight excluding hydrogens is 482 g/mol. The molecule has 1 saturated heterocycles. The van der Waals surface area contributed by atoms with Crippen molar-refractivity contribution in [3.63, 3.8) is 0 Å². The van der Waals surface area contributed by atoms with E-state index in [0.717, 1.165) is 17.5 Å². The lowest BCUT2D eigenvalue weighted by Crippen LogP contribution is -2.29. The molecule has 0 bridgehead atoms. The van der Waals surface area contributed by atoms with Gasteiger partial charge in [0.15, 0.2) is 0 Å². The van der Waals surface area contributed by atoms with Crippen molar-refractivity contribution in [3.05, 3.63) is 94.6 Å². The van der Waals surface area contributed by atoms with Gasteiger partial charge < -0.3 is 24.2 Å². The highest BCUT2D eigenvalue weighted by atomic mass is 16.5. The Bertz CT molecular complexity index is 1340. The third-order valence-corrected chi connectivity index (χ3v) is 6.44. The van der Waals surface area contributed by atoms with Gasteiger partial charge in [-0.1, -0.05) is 31.2 Å². The first-order valence-electron chi connectivity index (χ1n) is 12.8. The Kier molecular flexibility index (Phi) is 8.36. The van der Waals surface area contributed by atoms with Crippen LogP contribution in [0.1, 0.15) is 48.6 Å². The van der Waals surface area contributed by atoms with Gasteiger partial charge in [0.1, 0.15) is 23.0 Å². The van der Waals surface area contributed by atoms with Gasteiger partial charge in [-0.3, -0.25) is 9.59 Å². The van der Waals surface area contributed by atoms with Gasteiger partial charge in [-0.05, 0) is 79.4 Å². The van der Waals surface area contributed by atoms with Crippen molar-refractivity contribution in [2.24, 2.45) is 0 Å². The summed E-state index contributed by atoms with van der Waals surface area (Å²) in [6.07, 6.45) is 0.875. The third-order valence-electron chi connectivity index (χ3n) is 6.44. The van der Waals surface area contributed by atoms with Crippen molar-refractivity contribution in [3.8, 4) is 17.2 Å². The maximum Gasteiger partial charge on any atom is 0.295 e. The standard InChI is InChI=1S/C31H33NO6/c1-5-16-38-26-15-12-23(17-20(26)3)29(33)27-28(22-10-13-24(36-4)14-11-22)32(31(35)30(27)34)19-21-8-7-9-25(18-21)37-6-2/h7-15,17-18,28,33H,5-6,16,19H2,1-4H3/b29-27-. The van der Waals surface area contributed by atoms with Gasteiger partial charge in [-0.2, -0.15) is 0 Å². The van der Waals surface area contributed by atoms with E-state index in [2.05, 4.69) is 0 Å². The Labute approximate surface area is 223 Å². The molecule has 0 spiro atoms. The molecule has 1 heterocycles. The van der Waals surface area contributed by atoms with E-state index in [-0.39, 0.29) is 17.9 Å². The number of ketones is 1. The van der Waals surface area contributed by atoms with E-state index in [0.29, 0.717) is 41.6 Å². The molecule has 1 aliphatic rings. The minimum absolute atomic E-state index is 0.0442. The predicted octanol–water partition coefficient (Wildman–Crippen LogP) is 5.81. The second kappa shape index (κ2) is 11.9. The molecule has 0 radical (unpaired) electrons. The maximum absolute atomic E-state index is 13.4. The minimum atomic E-state index is -0.784. The summed E-state index contributed by atoms with van der Waals surface area (Å²) in [7, 11) is 1.57. The molecule has 3 aromatic rings. The van der Waals surface area contributed by atoms with E-state index >= 15 is 0 Å². The number of hydrogen-bond acceptors (Lipinski definition) is 6. The van der Waals surface area contributed by atoms with Crippen LogP contribution in [0.4, 0.5) is 0 Å². The summed E-state index contributed by atoms with van der Waals surface area (Å²) in [6.45, 7) is 7.08. The molecule has 1 atom stereocenters. The van der Waals surface area contributed by atoms with E-state index in [9.17, 15) is 14.7 Å². The molecule has 1 fully saturated rings. The fourth-order valence-corrected chi connectivity index (χ4v) is 4.60. The number of ether oxygens (including phenoxy) is 3. The van der Waals surface area contributed by atoms with Crippen molar-refractivity contribution in [1.29, 1.82) is 0 Å². The zero-order chi connectivity index (χ0) is 27.2. The topological polar surface area (TPSA) is 85.3 Å². The highest BCUT2D eigenvalue weighted by Crippen LogP contribution is 2.41. The van der Waals surface area contributed by atoms with E-state index < -0.39 is 17.7 Å². The number of aliphatic hydroxyl groups is 1. The van der Waals surface area contributed by atoms with Crippen molar-refractivity contribution >= 4 is 17.4 Å².